The standard InChI is InChI=1S/C10H14N2O3S/c11-9-4-3-7-2-1-5-12-10(7)8(9)6-16(13,14)15/h3-4,12H,1-2,5-6,11H2,(H,13,14,15). The van der Waals surface area contributed by atoms with Crippen molar-refractivity contribution in [1.82, 2.24) is 0 Å². The number of aryl methyl sites for hydroxylation is 1. The van der Waals surface area contributed by atoms with Crippen molar-refractivity contribution < 1.29 is 13.0 Å². The second-order valence-electron chi connectivity index (χ2n) is 3.92. The minimum Gasteiger partial charge on any atom is -0.398 e. The molecule has 88 valence electrons. The molecule has 0 aromatic heterocycles. The van der Waals surface area contributed by atoms with Crippen molar-refractivity contribution in [3.05, 3.63) is 23.3 Å². The third-order valence-corrected chi connectivity index (χ3v) is 3.34. The molecule has 0 atom stereocenters. The van der Waals surface area contributed by atoms with Crippen LogP contribution in [0.2, 0.25) is 0 Å². The molecule has 0 radical (unpaired) electrons. The highest BCUT2D eigenvalue weighted by Crippen LogP contribution is 2.31. The summed E-state index contributed by atoms with van der Waals surface area (Å²) in [6.07, 6.45) is 1.92. The molecule has 0 amide bonds. The molecule has 1 heterocycles. The van der Waals surface area contributed by atoms with Gasteiger partial charge in [-0.25, -0.2) is 0 Å². The molecule has 0 bridgehead atoms. The molecule has 0 saturated heterocycles. The number of benzene rings is 1. The van der Waals surface area contributed by atoms with E-state index in [1.807, 2.05) is 6.07 Å². The first-order valence-electron chi connectivity index (χ1n) is 5.06. The van der Waals surface area contributed by atoms with Crippen molar-refractivity contribution in [3.8, 4) is 0 Å². The first-order chi connectivity index (χ1) is 7.47. The van der Waals surface area contributed by atoms with E-state index in [2.05, 4.69) is 5.32 Å². The maximum Gasteiger partial charge on any atom is 0.269 e. The van der Waals surface area contributed by atoms with Gasteiger partial charge in [0.1, 0.15) is 5.75 Å². The lowest BCUT2D eigenvalue weighted by molar-refractivity contribution is 0.482. The Balaban J connectivity index is 2.50. The fraction of sp³-hybridized carbons (Fsp3) is 0.400. The summed E-state index contributed by atoms with van der Waals surface area (Å²) < 4.78 is 30.7. The number of hydrogen-bond acceptors (Lipinski definition) is 4. The summed E-state index contributed by atoms with van der Waals surface area (Å²) in [5.74, 6) is -0.436. The van der Waals surface area contributed by atoms with Crippen molar-refractivity contribution in [2.24, 2.45) is 0 Å². The average Bonchev–Trinajstić information content (AvgIpc) is 2.21. The second-order valence-corrected chi connectivity index (χ2v) is 5.38. The number of nitrogen functional groups attached to an aromatic ring is 1. The van der Waals surface area contributed by atoms with Gasteiger partial charge in [-0.15, -0.1) is 0 Å². The Morgan fingerprint density at radius 1 is 1.44 bits per heavy atom. The lowest BCUT2D eigenvalue weighted by atomic mass is 9.99. The number of nitrogens with two attached hydrogens (primary N) is 1. The molecule has 1 aromatic carbocycles. The molecular weight excluding hydrogens is 228 g/mol. The van der Waals surface area contributed by atoms with E-state index in [0.29, 0.717) is 11.3 Å². The molecule has 2 rings (SSSR count). The minimum absolute atomic E-state index is 0.394. The van der Waals surface area contributed by atoms with E-state index in [0.717, 1.165) is 30.6 Å². The quantitative estimate of drug-likeness (QED) is 0.532. The van der Waals surface area contributed by atoms with E-state index in [4.69, 9.17) is 10.3 Å². The summed E-state index contributed by atoms with van der Waals surface area (Å²) in [6.45, 7) is 0.801. The van der Waals surface area contributed by atoms with Crippen LogP contribution in [0.4, 0.5) is 11.4 Å². The minimum atomic E-state index is -4.05. The number of rotatable bonds is 2. The SMILES string of the molecule is Nc1ccc2c(c1CS(=O)(=O)O)NCCC2. The van der Waals surface area contributed by atoms with Gasteiger partial charge >= 0.3 is 0 Å². The third-order valence-electron chi connectivity index (χ3n) is 2.69. The van der Waals surface area contributed by atoms with Crippen molar-refractivity contribution in [2.75, 3.05) is 17.6 Å². The molecule has 0 unspecified atom stereocenters. The van der Waals surface area contributed by atoms with E-state index in [9.17, 15) is 8.42 Å². The molecule has 1 aliphatic heterocycles. The maximum atomic E-state index is 10.9. The lowest BCUT2D eigenvalue weighted by Crippen LogP contribution is -2.16. The summed E-state index contributed by atoms with van der Waals surface area (Å²) >= 11 is 0. The summed E-state index contributed by atoms with van der Waals surface area (Å²) in [5.41, 5.74) is 8.42. The van der Waals surface area contributed by atoms with E-state index < -0.39 is 15.9 Å². The predicted octanol–water partition coefficient (Wildman–Crippen LogP) is 1.01. The van der Waals surface area contributed by atoms with Gasteiger partial charge in [0.2, 0.25) is 0 Å². The smallest absolute Gasteiger partial charge is 0.269 e. The first-order valence-corrected chi connectivity index (χ1v) is 6.67. The molecule has 5 nitrogen and oxygen atoms in total. The molecular formula is C10H14N2O3S. The fourth-order valence-corrected chi connectivity index (χ4v) is 2.65. The van der Waals surface area contributed by atoms with Crippen LogP contribution < -0.4 is 11.1 Å². The Morgan fingerprint density at radius 2 is 2.19 bits per heavy atom. The molecule has 0 fully saturated rings. The number of fused-ring (bicyclic) bond motifs is 1. The zero-order chi connectivity index (χ0) is 11.8. The van der Waals surface area contributed by atoms with Gasteiger partial charge in [0.25, 0.3) is 10.1 Å². The van der Waals surface area contributed by atoms with Crippen LogP contribution in [-0.2, 0) is 22.3 Å². The number of hydrogen-bond donors (Lipinski definition) is 3. The summed E-state index contributed by atoms with van der Waals surface area (Å²) in [6, 6.07) is 3.58. The Labute approximate surface area is 94.4 Å². The molecule has 1 aliphatic rings. The summed E-state index contributed by atoms with van der Waals surface area (Å²) in [4.78, 5) is 0. The normalized spacial score (nSPS) is 15.3. The number of nitrogens with one attached hydrogen (secondary N) is 1. The van der Waals surface area contributed by atoms with E-state index in [1.54, 1.807) is 6.07 Å². The van der Waals surface area contributed by atoms with Crippen molar-refractivity contribution in [2.45, 2.75) is 18.6 Å². The zero-order valence-corrected chi connectivity index (χ0v) is 9.55. The van der Waals surface area contributed by atoms with Gasteiger partial charge in [-0.05, 0) is 24.5 Å². The van der Waals surface area contributed by atoms with Crippen LogP contribution >= 0.6 is 0 Å². The van der Waals surface area contributed by atoms with Crippen molar-refractivity contribution in [1.29, 1.82) is 0 Å². The molecule has 0 aliphatic carbocycles. The zero-order valence-electron chi connectivity index (χ0n) is 8.73. The lowest BCUT2D eigenvalue weighted by Gasteiger charge is -2.22. The van der Waals surface area contributed by atoms with Gasteiger partial charge in [-0.1, -0.05) is 6.07 Å². The molecule has 0 spiro atoms. The Morgan fingerprint density at radius 3 is 2.88 bits per heavy atom. The van der Waals surface area contributed by atoms with Crippen LogP contribution in [0.3, 0.4) is 0 Å². The van der Waals surface area contributed by atoms with Crippen LogP contribution in [0, 0.1) is 0 Å². The Hall–Kier alpha value is -1.27. The molecule has 6 heteroatoms. The fourth-order valence-electron chi connectivity index (χ4n) is 1.97. The summed E-state index contributed by atoms with van der Waals surface area (Å²) in [7, 11) is -4.05. The van der Waals surface area contributed by atoms with Crippen LogP contribution in [0.1, 0.15) is 17.5 Å². The van der Waals surface area contributed by atoms with Gasteiger partial charge in [0.05, 0.1) is 0 Å². The number of anilines is 2. The molecule has 16 heavy (non-hydrogen) atoms. The topological polar surface area (TPSA) is 92.4 Å². The van der Waals surface area contributed by atoms with Crippen LogP contribution in [0.5, 0.6) is 0 Å². The summed E-state index contributed by atoms with van der Waals surface area (Å²) in [5, 5.41) is 3.14. The average molecular weight is 242 g/mol. The molecule has 1 aromatic rings. The molecule has 0 saturated carbocycles. The second kappa shape index (κ2) is 3.95. The van der Waals surface area contributed by atoms with Gasteiger partial charge in [-0.3, -0.25) is 4.55 Å². The van der Waals surface area contributed by atoms with Crippen molar-refractivity contribution >= 4 is 21.5 Å². The largest absolute Gasteiger partial charge is 0.398 e. The van der Waals surface area contributed by atoms with Gasteiger partial charge in [0, 0.05) is 23.5 Å². The van der Waals surface area contributed by atoms with Gasteiger partial charge < -0.3 is 11.1 Å². The van der Waals surface area contributed by atoms with Crippen LogP contribution in [0.15, 0.2) is 12.1 Å². The van der Waals surface area contributed by atoms with E-state index in [1.165, 1.54) is 0 Å². The van der Waals surface area contributed by atoms with Crippen LogP contribution in [0.25, 0.3) is 0 Å². The van der Waals surface area contributed by atoms with Crippen molar-refractivity contribution in [3.63, 3.8) is 0 Å². The predicted molar refractivity (Wildman–Crippen MR) is 62.9 cm³/mol. The Kier molecular flexibility index (Phi) is 2.77. The highest BCUT2D eigenvalue weighted by molar-refractivity contribution is 7.85. The highest BCUT2D eigenvalue weighted by Gasteiger charge is 2.19. The van der Waals surface area contributed by atoms with Gasteiger partial charge in [0.15, 0.2) is 0 Å². The van der Waals surface area contributed by atoms with Crippen LogP contribution in [-0.4, -0.2) is 19.5 Å². The van der Waals surface area contributed by atoms with E-state index >= 15 is 0 Å². The maximum absolute atomic E-state index is 10.9. The highest BCUT2D eigenvalue weighted by atomic mass is 32.2. The van der Waals surface area contributed by atoms with Gasteiger partial charge in [-0.2, -0.15) is 8.42 Å². The van der Waals surface area contributed by atoms with E-state index in [-0.39, 0.29) is 0 Å². The monoisotopic (exact) mass is 242 g/mol. The third kappa shape index (κ3) is 2.28. The first kappa shape index (κ1) is 11.2. The molecule has 4 N–H and O–H groups in total. The Bertz CT molecular complexity index is 511.